The lowest BCUT2D eigenvalue weighted by Gasteiger charge is -2.32. The Hall–Kier alpha value is -3.40. The molecule has 2 aromatic heterocycles. The van der Waals surface area contributed by atoms with Gasteiger partial charge in [-0.25, -0.2) is 4.68 Å². The molecule has 3 aromatic rings. The third-order valence-corrected chi connectivity index (χ3v) is 7.78. The summed E-state index contributed by atoms with van der Waals surface area (Å²) in [5.41, 5.74) is 5.36. The lowest BCUT2D eigenvalue weighted by atomic mass is 9.88. The monoisotopic (exact) mass is 486 g/mol. The molecule has 9 nitrogen and oxygen atoms in total. The van der Waals surface area contributed by atoms with Gasteiger partial charge in [-0.05, 0) is 73.2 Å². The zero-order valence-corrected chi connectivity index (χ0v) is 20.1. The Bertz CT molecular complexity index is 1270. The molecular weight excluding hydrogens is 456 g/mol. The molecule has 2 atom stereocenters. The maximum absolute atomic E-state index is 12.4. The number of nitrogens with one attached hydrogen (secondary N) is 1. The van der Waals surface area contributed by atoms with Gasteiger partial charge in [-0.15, -0.1) is 0 Å². The minimum atomic E-state index is -0.815. The Morgan fingerprint density at radius 2 is 1.92 bits per heavy atom. The first-order chi connectivity index (χ1) is 17.6. The molecule has 36 heavy (non-hydrogen) atoms. The third-order valence-electron chi connectivity index (χ3n) is 7.78. The van der Waals surface area contributed by atoms with Crippen LogP contribution in [-0.4, -0.2) is 60.6 Å². The maximum Gasteiger partial charge on any atom is 0.244 e. The Labute approximate surface area is 209 Å². The fourth-order valence-corrected chi connectivity index (χ4v) is 5.82. The first-order valence-corrected chi connectivity index (χ1v) is 12.6. The number of likely N-dealkylation sites (tertiary alicyclic amines) is 1. The molecule has 3 aliphatic heterocycles. The number of hydrogen-bond acceptors (Lipinski definition) is 7. The van der Waals surface area contributed by atoms with E-state index in [1.807, 2.05) is 40.2 Å². The van der Waals surface area contributed by atoms with Gasteiger partial charge in [-0.2, -0.15) is 5.10 Å². The molecule has 0 saturated carbocycles. The molecule has 0 bridgehead atoms. The number of benzene rings is 1. The van der Waals surface area contributed by atoms with Crippen LogP contribution in [0.15, 0.2) is 55.0 Å². The lowest BCUT2D eigenvalue weighted by molar-refractivity contribution is -0.141. The summed E-state index contributed by atoms with van der Waals surface area (Å²) in [5, 5.41) is 17.8. The fourth-order valence-electron chi connectivity index (χ4n) is 5.82. The Kier molecular flexibility index (Phi) is 6.12. The minimum absolute atomic E-state index is 0.238. The van der Waals surface area contributed by atoms with Crippen LogP contribution < -0.4 is 5.32 Å². The molecule has 2 fully saturated rings. The van der Waals surface area contributed by atoms with Crippen molar-refractivity contribution in [3.05, 3.63) is 77.4 Å². The van der Waals surface area contributed by atoms with Crippen LogP contribution >= 0.6 is 0 Å². The summed E-state index contributed by atoms with van der Waals surface area (Å²) >= 11 is 0. The maximum atomic E-state index is 12.4. The topological polar surface area (TPSA) is 104 Å². The summed E-state index contributed by atoms with van der Waals surface area (Å²) in [6.07, 6.45) is 7.51. The van der Waals surface area contributed by atoms with Gasteiger partial charge in [0.15, 0.2) is 0 Å². The lowest BCUT2D eigenvalue weighted by Crippen LogP contribution is -2.51. The van der Waals surface area contributed by atoms with Gasteiger partial charge in [0.05, 0.1) is 23.6 Å². The van der Waals surface area contributed by atoms with Crippen molar-refractivity contribution < 1.29 is 14.7 Å². The summed E-state index contributed by atoms with van der Waals surface area (Å²) in [6.45, 7) is 3.38. The third kappa shape index (κ3) is 4.34. The average molecular weight is 487 g/mol. The van der Waals surface area contributed by atoms with Crippen LogP contribution in [0.4, 0.5) is 0 Å². The zero-order valence-electron chi connectivity index (χ0n) is 20.1. The number of carbonyl (C=O) groups is 2. The van der Waals surface area contributed by atoms with Gasteiger partial charge in [-0.1, -0.05) is 18.2 Å². The Morgan fingerprint density at radius 3 is 2.69 bits per heavy atom. The van der Waals surface area contributed by atoms with Gasteiger partial charge < -0.3 is 5.11 Å². The van der Waals surface area contributed by atoms with Crippen LogP contribution in [0.1, 0.15) is 60.2 Å². The molecule has 5 heterocycles. The second-order valence-corrected chi connectivity index (χ2v) is 9.97. The molecule has 9 heteroatoms. The van der Waals surface area contributed by atoms with Crippen LogP contribution in [0.3, 0.4) is 0 Å². The molecule has 3 aliphatic rings. The number of imide groups is 1. The molecular formula is C27H30N6O3. The highest BCUT2D eigenvalue weighted by molar-refractivity contribution is 6.00. The molecule has 6 rings (SSSR count). The van der Waals surface area contributed by atoms with Crippen LogP contribution in [0.25, 0.3) is 5.69 Å². The predicted molar refractivity (Wildman–Crippen MR) is 132 cm³/mol. The minimum Gasteiger partial charge on any atom is -0.374 e. The van der Waals surface area contributed by atoms with Gasteiger partial charge in [0.2, 0.25) is 11.8 Å². The van der Waals surface area contributed by atoms with E-state index in [-0.39, 0.29) is 11.8 Å². The van der Waals surface area contributed by atoms with E-state index < -0.39 is 12.3 Å². The van der Waals surface area contributed by atoms with Crippen LogP contribution in [0, 0.1) is 0 Å². The standard InChI is InChI=1S/C27H30N6O3/c34-25-6-5-24(26(35)30-25)32-16-20-14-19(3-4-23(20)27(32)36)18-8-12-31(13-9-18)17-22-7-11-29-33(22)21-2-1-10-28-15-21/h1-4,7,10-11,14-15,18,24,27,36H,5-6,8-9,12-13,16-17H2,(H,30,34,35). The normalized spacial score (nSPS) is 23.6. The van der Waals surface area contributed by atoms with Crippen molar-refractivity contribution in [1.29, 1.82) is 0 Å². The second-order valence-electron chi connectivity index (χ2n) is 9.97. The molecule has 1 aromatic carbocycles. The highest BCUT2D eigenvalue weighted by Crippen LogP contribution is 2.38. The van der Waals surface area contributed by atoms with Crippen LogP contribution in [0.5, 0.6) is 0 Å². The van der Waals surface area contributed by atoms with Crippen LogP contribution in [-0.2, 0) is 22.7 Å². The zero-order chi connectivity index (χ0) is 24.6. The van der Waals surface area contributed by atoms with E-state index >= 15 is 0 Å². The van der Waals surface area contributed by atoms with Crippen LogP contribution in [0.2, 0.25) is 0 Å². The van der Waals surface area contributed by atoms with Crippen molar-refractivity contribution >= 4 is 11.8 Å². The number of piperidine rings is 2. The van der Waals surface area contributed by atoms with E-state index in [0.29, 0.717) is 25.3 Å². The van der Waals surface area contributed by atoms with E-state index in [9.17, 15) is 14.7 Å². The number of rotatable bonds is 5. The van der Waals surface area contributed by atoms with Gasteiger partial charge in [0.1, 0.15) is 6.23 Å². The number of nitrogens with zero attached hydrogens (tertiary/aromatic N) is 5. The smallest absolute Gasteiger partial charge is 0.244 e. The van der Waals surface area contributed by atoms with Gasteiger partial charge in [0.25, 0.3) is 0 Å². The van der Waals surface area contributed by atoms with Crippen molar-refractivity contribution in [2.75, 3.05) is 13.1 Å². The Balaban J connectivity index is 1.09. The predicted octanol–water partition coefficient (Wildman–Crippen LogP) is 2.26. The number of fused-ring (bicyclic) bond motifs is 1. The van der Waals surface area contributed by atoms with E-state index in [0.717, 1.165) is 55.0 Å². The molecule has 2 N–H and O–H groups in total. The van der Waals surface area contributed by atoms with Crippen molar-refractivity contribution in [1.82, 2.24) is 29.9 Å². The Morgan fingerprint density at radius 1 is 1.06 bits per heavy atom. The highest BCUT2D eigenvalue weighted by atomic mass is 16.3. The van der Waals surface area contributed by atoms with Gasteiger partial charge >= 0.3 is 0 Å². The first-order valence-electron chi connectivity index (χ1n) is 12.6. The van der Waals surface area contributed by atoms with Crippen molar-refractivity contribution in [3.63, 3.8) is 0 Å². The summed E-state index contributed by atoms with van der Waals surface area (Å²) in [5.74, 6) is -0.0789. The number of amides is 2. The van der Waals surface area contributed by atoms with Gasteiger partial charge in [0, 0.05) is 31.9 Å². The number of carbonyl (C=O) groups excluding carboxylic acids is 2. The second kappa shape index (κ2) is 9.57. The number of pyridine rings is 1. The number of hydrogen-bond donors (Lipinski definition) is 2. The molecule has 0 spiro atoms. The number of aliphatic hydroxyl groups excluding tert-OH is 1. The van der Waals surface area contributed by atoms with Gasteiger partial charge in [-0.3, -0.25) is 29.7 Å². The average Bonchev–Trinajstić information content (AvgIpc) is 3.49. The first kappa shape index (κ1) is 23.0. The molecule has 2 unspecified atom stereocenters. The summed E-state index contributed by atoms with van der Waals surface area (Å²) in [6, 6.07) is 11.9. The molecule has 2 amide bonds. The SMILES string of the molecule is O=C1CCC(N2Cc3cc(C4CCN(Cc5ccnn5-c5cccnc5)CC4)ccc3C2O)C(=O)N1. The highest BCUT2D eigenvalue weighted by Gasteiger charge is 2.40. The van der Waals surface area contributed by atoms with E-state index in [2.05, 4.69) is 38.5 Å². The summed E-state index contributed by atoms with van der Waals surface area (Å²) < 4.78 is 1.96. The van der Waals surface area contributed by atoms with E-state index in [1.54, 1.807) is 6.20 Å². The quantitative estimate of drug-likeness (QED) is 0.533. The fraction of sp³-hybridized carbons (Fsp3) is 0.407. The molecule has 0 radical (unpaired) electrons. The summed E-state index contributed by atoms with van der Waals surface area (Å²) in [7, 11) is 0. The number of aliphatic hydroxyl groups is 1. The molecule has 186 valence electrons. The van der Waals surface area contributed by atoms with Crippen molar-refractivity contribution in [2.45, 2.75) is 57.0 Å². The molecule has 2 saturated heterocycles. The van der Waals surface area contributed by atoms with E-state index in [4.69, 9.17) is 0 Å². The number of aromatic nitrogens is 3. The van der Waals surface area contributed by atoms with Crippen molar-refractivity contribution in [2.24, 2.45) is 0 Å². The largest absolute Gasteiger partial charge is 0.374 e. The summed E-state index contributed by atoms with van der Waals surface area (Å²) in [4.78, 5) is 32.4. The van der Waals surface area contributed by atoms with E-state index in [1.165, 1.54) is 5.56 Å². The molecule has 0 aliphatic carbocycles. The van der Waals surface area contributed by atoms with Crippen molar-refractivity contribution in [3.8, 4) is 5.69 Å².